The summed E-state index contributed by atoms with van der Waals surface area (Å²) in [5.41, 5.74) is 2.00. The quantitative estimate of drug-likeness (QED) is 0.530. The Balaban J connectivity index is 1.45. The van der Waals surface area contributed by atoms with Crippen molar-refractivity contribution in [3.63, 3.8) is 0 Å². The highest BCUT2D eigenvalue weighted by Crippen LogP contribution is 2.31. The zero-order valence-electron chi connectivity index (χ0n) is 19.6. The van der Waals surface area contributed by atoms with Crippen LogP contribution in [-0.4, -0.2) is 68.1 Å². The lowest BCUT2D eigenvalue weighted by molar-refractivity contribution is -0.132. The second-order valence-corrected chi connectivity index (χ2v) is 7.82. The van der Waals surface area contributed by atoms with E-state index in [1.165, 1.54) is 10.7 Å². The number of carbonyl (C=O) groups is 1. The fraction of sp³-hybridized carbons (Fsp3) is 0.320. The number of hydrogen-bond acceptors (Lipinski definition) is 7. The van der Waals surface area contributed by atoms with Crippen molar-refractivity contribution in [2.45, 2.75) is 6.54 Å². The summed E-state index contributed by atoms with van der Waals surface area (Å²) in [5.74, 6) is 1.83. The number of aromatic nitrogens is 2. The molecule has 2 aromatic carbocycles. The first-order chi connectivity index (χ1) is 16.5. The molecule has 178 valence electrons. The maximum absolute atomic E-state index is 13.0. The molecule has 0 N–H and O–H groups in total. The van der Waals surface area contributed by atoms with Gasteiger partial charge in [-0.1, -0.05) is 12.1 Å². The van der Waals surface area contributed by atoms with Crippen LogP contribution >= 0.6 is 0 Å². The summed E-state index contributed by atoms with van der Waals surface area (Å²) in [6, 6.07) is 16.3. The number of hydrogen-bond donors (Lipinski definition) is 0. The summed E-state index contributed by atoms with van der Waals surface area (Å²) >= 11 is 0. The Hall–Kier alpha value is -4.01. The van der Waals surface area contributed by atoms with E-state index in [0.29, 0.717) is 43.4 Å². The van der Waals surface area contributed by atoms with Gasteiger partial charge in [0.05, 0.1) is 32.7 Å². The zero-order valence-corrected chi connectivity index (χ0v) is 19.6. The molecule has 1 aliphatic heterocycles. The number of nitrogens with zero attached hydrogens (tertiary/aromatic N) is 4. The Bertz CT molecular complexity index is 1220. The number of para-hydroxylation sites is 2. The molecule has 9 nitrogen and oxygen atoms in total. The van der Waals surface area contributed by atoms with E-state index in [1.807, 2.05) is 30.3 Å². The van der Waals surface area contributed by atoms with Crippen LogP contribution in [0.1, 0.15) is 0 Å². The molecule has 4 rings (SSSR count). The van der Waals surface area contributed by atoms with E-state index in [2.05, 4.69) is 10.00 Å². The smallest absolute Gasteiger partial charge is 0.267 e. The van der Waals surface area contributed by atoms with Crippen LogP contribution in [0.3, 0.4) is 0 Å². The number of piperazine rings is 1. The first kappa shape index (κ1) is 23.2. The molecule has 0 radical (unpaired) electrons. The van der Waals surface area contributed by atoms with E-state index in [9.17, 15) is 9.59 Å². The van der Waals surface area contributed by atoms with E-state index in [0.717, 1.165) is 17.0 Å². The SMILES string of the molecule is COc1ccc(-c2ccc(=O)n(CC(=O)N3CCN(c4ccccc4OC)CC3)n2)cc1OC. The standard InChI is InChI=1S/C25H28N4O5/c1-32-21-7-5-4-6-20(21)27-12-14-28(15-13-27)25(31)17-29-24(30)11-9-19(26-29)18-8-10-22(33-2)23(16-18)34-3/h4-11,16H,12-15,17H2,1-3H3. The van der Waals surface area contributed by atoms with Gasteiger partial charge in [0.15, 0.2) is 11.5 Å². The second-order valence-electron chi connectivity index (χ2n) is 7.82. The molecule has 3 aromatic rings. The van der Waals surface area contributed by atoms with Gasteiger partial charge in [0.2, 0.25) is 5.91 Å². The molecule has 0 spiro atoms. The molecule has 1 fully saturated rings. The molecule has 0 unspecified atom stereocenters. The van der Waals surface area contributed by atoms with Crippen molar-refractivity contribution in [3.05, 3.63) is 65.0 Å². The molecule has 1 amide bonds. The minimum Gasteiger partial charge on any atom is -0.495 e. The van der Waals surface area contributed by atoms with Crippen LogP contribution in [0.2, 0.25) is 0 Å². The van der Waals surface area contributed by atoms with Gasteiger partial charge in [-0.05, 0) is 36.4 Å². The Kier molecular flexibility index (Phi) is 7.01. The average Bonchev–Trinajstić information content (AvgIpc) is 2.89. The first-order valence-corrected chi connectivity index (χ1v) is 11.0. The van der Waals surface area contributed by atoms with Gasteiger partial charge in [-0.15, -0.1) is 0 Å². The fourth-order valence-corrected chi connectivity index (χ4v) is 4.03. The van der Waals surface area contributed by atoms with Crippen LogP contribution in [0, 0.1) is 0 Å². The molecule has 0 bridgehead atoms. The topological polar surface area (TPSA) is 86.1 Å². The van der Waals surface area contributed by atoms with Crippen molar-refractivity contribution in [1.82, 2.24) is 14.7 Å². The largest absolute Gasteiger partial charge is 0.495 e. The van der Waals surface area contributed by atoms with Gasteiger partial charge in [-0.2, -0.15) is 5.10 Å². The van der Waals surface area contributed by atoms with E-state index in [-0.39, 0.29) is 18.0 Å². The van der Waals surface area contributed by atoms with Gasteiger partial charge in [-0.3, -0.25) is 9.59 Å². The van der Waals surface area contributed by atoms with Crippen LogP contribution in [0.4, 0.5) is 5.69 Å². The van der Waals surface area contributed by atoms with Gasteiger partial charge in [0.25, 0.3) is 5.56 Å². The zero-order chi connectivity index (χ0) is 24.1. The summed E-state index contributed by atoms with van der Waals surface area (Å²) in [5, 5.41) is 4.43. The summed E-state index contributed by atoms with van der Waals surface area (Å²) < 4.78 is 17.3. The van der Waals surface area contributed by atoms with Crippen molar-refractivity contribution < 1.29 is 19.0 Å². The molecule has 1 aromatic heterocycles. The third-order valence-electron chi connectivity index (χ3n) is 5.89. The van der Waals surface area contributed by atoms with Gasteiger partial charge in [0, 0.05) is 37.8 Å². The van der Waals surface area contributed by atoms with Crippen LogP contribution in [0.25, 0.3) is 11.3 Å². The maximum Gasteiger partial charge on any atom is 0.267 e. The Morgan fingerprint density at radius 1 is 0.853 bits per heavy atom. The average molecular weight is 465 g/mol. The van der Waals surface area contributed by atoms with E-state index >= 15 is 0 Å². The molecular weight excluding hydrogens is 436 g/mol. The fourth-order valence-electron chi connectivity index (χ4n) is 4.03. The molecular formula is C25H28N4O5. The van der Waals surface area contributed by atoms with Crippen molar-refractivity contribution in [2.24, 2.45) is 0 Å². The van der Waals surface area contributed by atoms with Crippen molar-refractivity contribution >= 4 is 11.6 Å². The lowest BCUT2D eigenvalue weighted by Crippen LogP contribution is -2.50. The van der Waals surface area contributed by atoms with Gasteiger partial charge >= 0.3 is 0 Å². The van der Waals surface area contributed by atoms with Crippen LogP contribution in [0.15, 0.2) is 59.4 Å². The molecule has 2 heterocycles. The van der Waals surface area contributed by atoms with E-state index in [4.69, 9.17) is 14.2 Å². The molecule has 34 heavy (non-hydrogen) atoms. The Morgan fingerprint density at radius 3 is 2.26 bits per heavy atom. The van der Waals surface area contributed by atoms with Gasteiger partial charge < -0.3 is 24.0 Å². The predicted molar refractivity (Wildman–Crippen MR) is 129 cm³/mol. The minimum atomic E-state index is -0.328. The highest BCUT2D eigenvalue weighted by atomic mass is 16.5. The van der Waals surface area contributed by atoms with Crippen molar-refractivity contribution in [3.8, 4) is 28.5 Å². The predicted octanol–water partition coefficient (Wildman–Crippen LogP) is 2.28. The monoisotopic (exact) mass is 464 g/mol. The Labute approximate surface area is 198 Å². The lowest BCUT2D eigenvalue weighted by atomic mass is 10.1. The van der Waals surface area contributed by atoms with Crippen LogP contribution in [0.5, 0.6) is 17.2 Å². The Morgan fingerprint density at radius 2 is 1.56 bits per heavy atom. The third-order valence-corrected chi connectivity index (χ3v) is 5.89. The van der Waals surface area contributed by atoms with Gasteiger partial charge in [-0.25, -0.2) is 4.68 Å². The maximum atomic E-state index is 13.0. The summed E-state index contributed by atoms with van der Waals surface area (Å²) in [7, 11) is 4.78. The molecule has 1 saturated heterocycles. The summed E-state index contributed by atoms with van der Waals surface area (Å²) in [6.45, 7) is 2.36. The summed E-state index contributed by atoms with van der Waals surface area (Å²) in [6.07, 6.45) is 0. The number of ether oxygens (including phenoxy) is 3. The number of carbonyl (C=O) groups excluding carboxylic acids is 1. The minimum absolute atomic E-state index is 0.116. The van der Waals surface area contributed by atoms with E-state index < -0.39 is 0 Å². The highest BCUT2D eigenvalue weighted by Gasteiger charge is 2.23. The van der Waals surface area contributed by atoms with Crippen LogP contribution in [-0.2, 0) is 11.3 Å². The molecule has 9 heteroatoms. The molecule has 1 aliphatic rings. The van der Waals surface area contributed by atoms with E-state index in [1.54, 1.807) is 44.4 Å². The number of rotatable bonds is 7. The molecule has 0 atom stereocenters. The first-order valence-electron chi connectivity index (χ1n) is 11.0. The van der Waals surface area contributed by atoms with Crippen molar-refractivity contribution in [1.29, 1.82) is 0 Å². The molecule has 0 aliphatic carbocycles. The summed E-state index contributed by atoms with van der Waals surface area (Å²) in [4.78, 5) is 29.3. The highest BCUT2D eigenvalue weighted by molar-refractivity contribution is 5.76. The van der Waals surface area contributed by atoms with Gasteiger partial charge in [0.1, 0.15) is 12.3 Å². The lowest BCUT2D eigenvalue weighted by Gasteiger charge is -2.36. The van der Waals surface area contributed by atoms with Crippen LogP contribution < -0.4 is 24.7 Å². The second kappa shape index (κ2) is 10.3. The number of methoxy groups -OCH3 is 3. The number of amides is 1. The number of anilines is 1. The molecule has 0 saturated carbocycles. The normalized spacial score (nSPS) is 13.5. The number of benzene rings is 2. The van der Waals surface area contributed by atoms with Crippen molar-refractivity contribution in [2.75, 3.05) is 52.4 Å². The third kappa shape index (κ3) is 4.83.